The number of benzene rings is 1. The van der Waals surface area contributed by atoms with Crippen molar-refractivity contribution < 1.29 is 23.1 Å². The number of allylic oxidation sites excluding steroid dienone is 1. The van der Waals surface area contributed by atoms with Crippen LogP contribution in [-0.4, -0.2) is 34.7 Å². The van der Waals surface area contributed by atoms with Crippen LogP contribution in [0.1, 0.15) is 25.2 Å². The zero-order valence-corrected chi connectivity index (χ0v) is 20.3. The van der Waals surface area contributed by atoms with Gasteiger partial charge in [0.25, 0.3) is 5.91 Å². The molecular formula is C19H19Br2N3O5S. The van der Waals surface area contributed by atoms with Gasteiger partial charge in [-0.3, -0.25) is 14.4 Å². The largest absolute Gasteiger partial charge is 0.456 e. The van der Waals surface area contributed by atoms with Crippen LogP contribution in [0.25, 0.3) is 0 Å². The van der Waals surface area contributed by atoms with Crippen molar-refractivity contribution in [3.63, 3.8) is 0 Å². The minimum absolute atomic E-state index is 0.0435. The van der Waals surface area contributed by atoms with Gasteiger partial charge in [-0.15, -0.1) is 0 Å². The maximum atomic E-state index is 13.0. The number of carbonyl (C=O) groups excluding carboxylic acids is 2. The van der Waals surface area contributed by atoms with Gasteiger partial charge in [0.15, 0.2) is 14.4 Å². The Morgan fingerprint density at radius 2 is 2.00 bits per heavy atom. The molecule has 8 nitrogen and oxygen atoms in total. The van der Waals surface area contributed by atoms with E-state index in [1.165, 1.54) is 4.90 Å². The number of aryl methyl sites for hydroxylation is 1. The second-order valence-corrected chi connectivity index (χ2v) is 11.6. The lowest BCUT2D eigenvalue weighted by molar-refractivity contribution is -0.150. The first kappa shape index (κ1) is 22.7. The molecule has 1 aliphatic heterocycles. The Hall–Kier alpha value is -1.98. The number of likely N-dealkylation sites (tertiary alicyclic amines) is 1. The fourth-order valence-corrected chi connectivity index (χ4v) is 5.81. The fourth-order valence-electron chi connectivity index (χ4n) is 2.83. The molecule has 1 amide bonds. The molecule has 1 aliphatic rings. The van der Waals surface area contributed by atoms with E-state index in [4.69, 9.17) is 9.26 Å². The van der Waals surface area contributed by atoms with Gasteiger partial charge in [0.1, 0.15) is 29.0 Å². The van der Waals surface area contributed by atoms with Crippen LogP contribution in [0.2, 0.25) is 0 Å². The van der Waals surface area contributed by atoms with Crippen molar-refractivity contribution in [3.8, 4) is 0 Å². The lowest BCUT2D eigenvalue weighted by Gasteiger charge is -2.48. The number of aromatic nitrogens is 1. The zero-order valence-electron chi connectivity index (χ0n) is 16.3. The molecule has 1 fully saturated rings. The predicted molar refractivity (Wildman–Crippen MR) is 119 cm³/mol. The van der Waals surface area contributed by atoms with E-state index in [0.717, 1.165) is 5.56 Å². The monoisotopic (exact) mass is 559 g/mol. The molecule has 1 N–H and O–H groups in total. The van der Waals surface area contributed by atoms with Crippen LogP contribution in [0.3, 0.4) is 0 Å². The number of esters is 1. The van der Waals surface area contributed by atoms with Crippen molar-refractivity contribution in [2.24, 2.45) is 0 Å². The van der Waals surface area contributed by atoms with E-state index in [0.29, 0.717) is 11.3 Å². The maximum Gasteiger partial charge on any atom is 0.355 e. The molecule has 0 radical (unpaired) electrons. The average molecular weight is 561 g/mol. The summed E-state index contributed by atoms with van der Waals surface area (Å²) >= 11 is 6.54. The second-order valence-electron chi connectivity index (χ2n) is 6.78. The van der Waals surface area contributed by atoms with E-state index < -0.39 is 31.5 Å². The van der Waals surface area contributed by atoms with Gasteiger partial charge in [-0.25, -0.2) is 9.00 Å². The third kappa shape index (κ3) is 4.52. The zero-order chi connectivity index (χ0) is 22.1. The van der Waals surface area contributed by atoms with Crippen molar-refractivity contribution >= 4 is 60.5 Å². The van der Waals surface area contributed by atoms with Crippen LogP contribution in [0.15, 0.2) is 52.2 Å². The first-order valence-electron chi connectivity index (χ1n) is 8.83. The molecule has 3 rings (SSSR count). The molecule has 0 bridgehead atoms. The molecule has 0 saturated carbocycles. The molecule has 160 valence electrons. The molecule has 0 aliphatic carbocycles. The third-order valence-electron chi connectivity index (χ3n) is 4.21. The summed E-state index contributed by atoms with van der Waals surface area (Å²) in [5, 5.41) is 2.80. The van der Waals surface area contributed by atoms with E-state index >= 15 is 0 Å². The topological polar surface area (TPSA) is 102 Å². The lowest BCUT2D eigenvalue weighted by Crippen LogP contribution is -2.70. The Balaban J connectivity index is 1.81. The Morgan fingerprint density at radius 3 is 2.57 bits per heavy atom. The van der Waals surface area contributed by atoms with E-state index in [1.807, 2.05) is 30.3 Å². The number of amides is 1. The first-order chi connectivity index (χ1) is 14.1. The number of hydrogen-bond acceptors (Lipinski definition) is 6. The average Bonchev–Trinajstić information content (AvgIpc) is 3.10. The summed E-state index contributed by atoms with van der Waals surface area (Å²) in [5.41, 5.74) is 1.41. The summed E-state index contributed by atoms with van der Waals surface area (Å²) in [6.07, 6.45) is 0. The number of nitrogens with one attached hydrogen (secondary N) is 1. The van der Waals surface area contributed by atoms with Crippen molar-refractivity contribution in [1.82, 2.24) is 10.1 Å². The van der Waals surface area contributed by atoms with Gasteiger partial charge in [0.2, 0.25) is 0 Å². The van der Waals surface area contributed by atoms with E-state index in [2.05, 4.69) is 41.7 Å². The Labute approximate surface area is 192 Å². The summed E-state index contributed by atoms with van der Waals surface area (Å²) < 4.78 is 24.8. The minimum Gasteiger partial charge on any atom is -0.456 e. The summed E-state index contributed by atoms with van der Waals surface area (Å²) in [4.78, 5) is 26.8. The van der Waals surface area contributed by atoms with Gasteiger partial charge in [-0.1, -0.05) is 67.3 Å². The van der Waals surface area contributed by atoms with Gasteiger partial charge >= 0.3 is 5.97 Å². The van der Waals surface area contributed by atoms with Gasteiger partial charge in [0.05, 0.1) is 0 Å². The summed E-state index contributed by atoms with van der Waals surface area (Å²) in [6, 6.07) is 10.8. The predicted octanol–water partition coefficient (Wildman–Crippen LogP) is 3.75. The molecule has 0 spiro atoms. The number of ether oxygens (including phenoxy) is 1. The summed E-state index contributed by atoms with van der Waals surface area (Å²) in [6.45, 7) is 5.12. The number of halogens is 2. The number of rotatable bonds is 7. The molecular weight excluding hydrogens is 542 g/mol. The lowest BCUT2D eigenvalue weighted by atomic mass is 10.1. The molecule has 30 heavy (non-hydrogen) atoms. The van der Waals surface area contributed by atoms with Crippen LogP contribution in [0.4, 0.5) is 5.82 Å². The van der Waals surface area contributed by atoms with Gasteiger partial charge in [0, 0.05) is 6.07 Å². The fraction of sp³-hybridized carbons (Fsp3) is 0.316. The van der Waals surface area contributed by atoms with Crippen LogP contribution >= 0.6 is 31.9 Å². The number of hydrogen-bond donors (Lipinski definition) is 1. The molecule has 11 heteroatoms. The van der Waals surface area contributed by atoms with Gasteiger partial charge in [-0.2, -0.15) is 0 Å². The number of carbonyl (C=O) groups is 2. The van der Waals surface area contributed by atoms with Crippen LogP contribution in [-0.2, 0) is 31.9 Å². The van der Waals surface area contributed by atoms with Crippen molar-refractivity contribution in [1.29, 1.82) is 0 Å². The number of anilines is 1. The SMILES string of the molecule is CC(C)=C(C(=O)OCc1ccccc1)N1C(=O)C(Br)(Br)[C@H]1S(=O)Nc1cc(C)on1. The van der Waals surface area contributed by atoms with E-state index in [-0.39, 0.29) is 18.1 Å². The highest BCUT2D eigenvalue weighted by Crippen LogP contribution is 2.48. The standard InChI is InChI=1S/C19H19Br2N3O5S/c1-11(2)15(16(25)28-10-13-7-5-4-6-8-13)24-17(26)19(20,21)18(24)30(27)23-14-9-12(3)29-22-14/h4-9,18H,10H2,1-3H3,(H,22,23)/t18-,30?/m1/s1. The molecule has 2 aromatic rings. The molecule has 2 atom stereocenters. The number of alkyl halides is 2. The van der Waals surface area contributed by atoms with Crippen molar-refractivity contribution in [2.45, 2.75) is 36.0 Å². The maximum absolute atomic E-state index is 13.0. The Morgan fingerprint density at radius 1 is 1.33 bits per heavy atom. The van der Waals surface area contributed by atoms with Gasteiger partial charge < -0.3 is 9.26 Å². The molecule has 2 heterocycles. The van der Waals surface area contributed by atoms with Crippen molar-refractivity contribution in [2.75, 3.05) is 4.72 Å². The van der Waals surface area contributed by atoms with Crippen LogP contribution in [0.5, 0.6) is 0 Å². The molecule has 1 saturated heterocycles. The summed E-state index contributed by atoms with van der Waals surface area (Å²) in [5.74, 6) is -0.352. The quantitative estimate of drug-likeness (QED) is 0.239. The van der Waals surface area contributed by atoms with E-state index in [9.17, 15) is 13.8 Å². The van der Waals surface area contributed by atoms with E-state index in [1.54, 1.807) is 26.8 Å². The smallest absolute Gasteiger partial charge is 0.355 e. The minimum atomic E-state index is -1.83. The Kier molecular flexibility index (Phi) is 6.83. The van der Waals surface area contributed by atoms with Gasteiger partial charge in [-0.05, 0) is 31.9 Å². The second kappa shape index (κ2) is 9.03. The first-order valence-corrected chi connectivity index (χ1v) is 11.6. The highest BCUT2D eigenvalue weighted by molar-refractivity contribution is 9.26. The number of nitrogens with zero attached hydrogens (tertiary/aromatic N) is 2. The summed E-state index contributed by atoms with van der Waals surface area (Å²) in [7, 11) is -1.83. The highest BCUT2D eigenvalue weighted by Gasteiger charge is 2.63. The van der Waals surface area contributed by atoms with Crippen LogP contribution in [0, 0.1) is 6.92 Å². The molecule has 1 aromatic heterocycles. The highest BCUT2D eigenvalue weighted by atomic mass is 79.9. The normalized spacial score (nSPS) is 18.4. The molecule has 1 unspecified atom stereocenters. The van der Waals surface area contributed by atoms with Crippen LogP contribution < -0.4 is 4.72 Å². The number of β-lactam (4-membered cyclic amide) rings is 1. The molecule has 1 aromatic carbocycles. The Bertz CT molecular complexity index is 1020. The van der Waals surface area contributed by atoms with Crippen molar-refractivity contribution in [3.05, 3.63) is 59.0 Å². The third-order valence-corrected chi connectivity index (χ3v) is 7.74.